The summed E-state index contributed by atoms with van der Waals surface area (Å²) in [7, 11) is 0. The van der Waals surface area contributed by atoms with Gasteiger partial charge in [0.2, 0.25) is 0 Å². The van der Waals surface area contributed by atoms with E-state index < -0.39 is 0 Å². The molecule has 0 saturated heterocycles. The Morgan fingerprint density at radius 1 is 0.438 bits per heavy atom. The van der Waals surface area contributed by atoms with E-state index in [0.29, 0.717) is 11.8 Å². The molecule has 6 heteroatoms. The Morgan fingerprint density at radius 3 is 1.00 bits per heavy atom. The number of hydrogen-bond donors (Lipinski definition) is 0. The molecule has 4 aromatic rings. The molecule has 0 spiro atoms. The van der Waals surface area contributed by atoms with Crippen molar-refractivity contribution in [3.63, 3.8) is 0 Å². The highest BCUT2D eigenvalue weighted by Gasteiger charge is 2.08. The van der Waals surface area contributed by atoms with Crippen LogP contribution >= 0.6 is 23.2 Å². The lowest BCUT2D eigenvalue weighted by molar-refractivity contribution is -0.688. The van der Waals surface area contributed by atoms with Crippen molar-refractivity contribution in [3.8, 4) is 11.1 Å². The molecule has 0 aliphatic heterocycles. The SMILES string of the molecule is ClCc1ccc(C[n+]2ccc(-c3cc[n+](Cc4ccc(CCl)cc4)cc3)cc2)cc1.[Cl-].[Cl-]. The van der Waals surface area contributed by atoms with Crippen LogP contribution in [0.5, 0.6) is 0 Å². The van der Waals surface area contributed by atoms with E-state index in [0.717, 1.165) is 24.2 Å². The molecule has 2 aromatic heterocycles. The minimum absolute atomic E-state index is 0. The van der Waals surface area contributed by atoms with Crippen LogP contribution in [0, 0.1) is 0 Å². The van der Waals surface area contributed by atoms with Crippen LogP contribution in [0.15, 0.2) is 97.6 Å². The zero-order valence-electron chi connectivity index (χ0n) is 17.5. The maximum atomic E-state index is 5.87. The summed E-state index contributed by atoms with van der Waals surface area (Å²) < 4.78 is 4.37. The number of benzene rings is 2. The minimum Gasteiger partial charge on any atom is -1.00 e. The predicted molar refractivity (Wildman–Crippen MR) is 122 cm³/mol. The average Bonchev–Trinajstić information content (AvgIpc) is 2.81. The monoisotopic (exact) mass is 504 g/mol. The van der Waals surface area contributed by atoms with E-state index in [2.05, 4.69) is 107 Å². The normalized spacial score (nSPS) is 10.2. The largest absolute Gasteiger partial charge is 1.00 e. The van der Waals surface area contributed by atoms with Crippen molar-refractivity contribution in [1.82, 2.24) is 0 Å². The number of nitrogens with zero attached hydrogens (tertiary/aromatic N) is 2. The number of halogens is 4. The van der Waals surface area contributed by atoms with Crippen LogP contribution in [-0.2, 0) is 24.8 Å². The van der Waals surface area contributed by atoms with Crippen molar-refractivity contribution in [2.75, 3.05) is 0 Å². The van der Waals surface area contributed by atoms with Crippen LogP contribution in [0.2, 0.25) is 0 Å². The van der Waals surface area contributed by atoms with Crippen LogP contribution < -0.4 is 33.9 Å². The van der Waals surface area contributed by atoms with E-state index in [9.17, 15) is 0 Å². The summed E-state index contributed by atoms with van der Waals surface area (Å²) in [6.45, 7) is 1.69. The quantitative estimate of drug-likeness (QED) is 0.236. The second-order valence-corrected chi connectivity index (χ2v) is 7.95. The molecule has 4 rings (SSSR count). The smallest absolute Gasteiger partial charge is 0.173 e. The molecule has 0 aliphatic rings. The molecular weight excluding hydrogens is 482 g/mol. The second kappa shape index (κ2) is 12.8. The van der Waals surface area contributed by atoms with Gasteiger partial charge in [0.25, 0.3) is 0 Å². The zero-order valence-corrected chi connectivity index (χ0v) is 20.5. The van der Waals surface area contributed by atoms with E-state index >= 15 is 0 Å². The zero-order chi connectivity index (χ0) is 20.8. The summed E-state index contributed by atoms with van der Waals surface area (Å²) in [5, 5.41) is 0. The maximum Gasteiger partial charge on any atom is 0.173 e. The lowest BCUT2D eigenvalue weighted by atomic mass is 10.1. The van der Waals surface area contributed by atoms with Gasteiger partial charge in [0.15, 0.2) is 37.9 Å². The number of pyridine rings is 2. The third-order valence-electron chi connectivity index (χ3n) is 5.20. The highest BCUT2D eigenvalue weighted by Crippen LogP contribution is 2.16. The lowest BCUT2D eigenvalue weighted by Gasteiger charge is -2.03. The fraction of sp³-hybridized carbons (Fsp3) is 0.154. The van der Waals surface area contributed by atoms with Crippen molar-refractivity contribution >= 4 is 23.2 Å². The van der Waals surface area contributed by atoms with Gasteiger partial charge in [-0.2, -0.15) is 0 Å². The first-order chi connectivity index (χ1) is 14.7. The maximum absolute atomic E-state index is 5.87. The van der Waals surface area contributed by atoms with E-state index in [1.807, 2.05) is 0 Å². The first kappa shape index (κ1) is 26.2. The number of hydrogen-bond acceptors (Lipinski definition) is 0. The van der Waals surface area contributed by atoms with Gasteiger partial charge >= 0.3 is 0 Å². The highest BCUT2D eigenvalue weighted by atomic mass is 35.5. The Labute approximate surface area is 212 Å². The van der Waals surface area contributed by atoms with Gasteiger partial charge in [0.1, 0.15) is 0 Å². The molecule has 0 unspecified atom stereocenters. The minimum atomic E-state index is 0. The first-order valence-electron chi connectivity index (χ1n) is 9.99. The van der Waals surface area contributed by atoms with E-state index in [1.165, 1.54) is 22.3 Å². The Hall–Kier alpha value is -2.10. The van der Waals surface area contributed by atoms with Crippen LogP contribution in [-0.4, -0.2) is 0 Å². The number of alkyl halides is 2. The first-order valence-corrected chi connectivity index (χ1v) is 11.1. The van der Waals surface area contributed by atoms with Gasteiger partial charge in [-0.15, -0.1) is 23.2 Å². The third-order valence-corrected chi connectivity index (χ3v) is 5.82. The van der Waals surface area contributed by atoms with Crippen LogP contribution in [0.25, 0.3) is 11.1 Å². The van der Waals surface area contributed by atoms with Crippen molar-refractivity contribution in [3.05, 3.63) is 120 Å². The van der Waals surface area contributed by atoms with Gasteiger partial charge < -0.3 is 24.8 Å². The van der Waals surface area contributed by atoms with Crippen LogP contribution in [0.4, 0.5) is 0 Å². The molecule has 0 amide bonds. The summed E-state index contributed by atoms with van der Waals surface area (Å²) in [5.41, 5.74) is 7.25. The van der Waals surface area contributed by atoms with Gasteiger partial charge in [-0.1, -0.05) is 48.5 Å². The van der Waals surface area contributed by atoms with Gasteiger partial charge in [0, 0.05) is 47.2 Å². The van der Waals surface area contributed by atoms with Crippen molar-refractivity contribution in [1.29, 1.82) is 0 Å². The standard InChI is InChI=1S/C26H24Cl2N2.2ClH/c27-17-21-1-5-23(6-2-21)19-29-13-9-25(10-14-29)26-11-15-30(16-12-26)20-24-7-3-22(18-28)4-8-24;;/h1-16H,17-20H2;2*1H/q+2;;/p-2. The molecule has 0 atom stereocenters. The molecule has 0 bridgehead atoms. The van der Waals surface area contributed by atoms with Crippen LogP contribution in [0.3, 0.4) is 0 Å². The summed E-state index contributed by atoms with van der Waals surface area (Å²) in [5.74, 6) is 1.11. The number of rotatable bonds is 7. The summed E-state index contributed by atoms with van der Waals surface area (Å²) >= 11 is 11.7. The summed E-state index contributed by atoms with van der Waals surface area (Å²) in [4.78, 5) is 0. The fourth-order valence-corrected chi connectivity index (χ4v) is 3.76. The van der Waals surface area contributed by atoms with Gasteiger partial charge in [-0.3, -0.25) is 0 Å². The molecule has 2 nitrogen and oxygen atoms in total. The van der Waals surface area contributed by atoms with Crippen molar-refractivity contribution in [2.45, 2.75) is 24.8 Å². The van der Waals surface area contributed by atoms with Crippen molar-refractivity contribution in [2.24, 2.45) is 0 Å². The molecule has 0 fully saturated rings. The molecule has 2 aromatic carbocycles. The molecule has 0 radical (unpaired) electrons. The third kappa shape index (κ3) is 6.95. The predicted octanol–water partition coefficient (Wildman–Crippen LogP) is -0.489. The molecule has 0 saturated carbocycles. The Morgan fingerprint density at radius 2 is 0.719 bits per heavy atom. The highest BCUT2D eigenvalue weighted by molar-refractivity contribution is 6.17. The molecule has 0 N–H and O–H groups in total. The molecule has 2 heterocycles. The second-order valence-electron chi connectivity index (χ2n) is 7.42. The summed E-state index contributed by atoms with van der Waals surface area (Å²) in [6.07, 6.45) is 8.52. The van der Waals surface area contributed by atoms with Crippen molar-refractivity contribution < 1.29 is 33.9 Å². The van der Waals surface area contributed by atoms with E-state index in [1.54, 1.807) is 0 Å². The van der Waals surface area contributed by atoms with Gasteiger partial charge in [-0.05, 0) is 22.3 Å². The van der Waals surface area contributed by atoms with Gasteiger partial charge in [0.05, 0.1) is 0 Å². The van der Waals surface area contributed by atoms with E-state index in [4.69, 9.17) is 23.2 Å². The molecule has 0 aliphatic carbocycles. The van der Waals surface area contributed by atoms with E-state index in [-0.39, 0.29) is 24.8 Å². The molecule has 32 heavy (non-hydrogen) atoms. The summed E-state index contributed by atoms with van der Waals surface area (Å²) in [6, 6.07) is 25.5. The Bertz CT molecular complexity index is 988. The Kier molecular flexibility index (Phi) is 10.5. The van der Waals surface area contributed by atoms with Gasteiger partial charge in [-0.25, -0.2) is 9.13 Å². The lowest BCUT2D eigenvalue weighted by Crippen LogP contribution is -3.00. The van der Waals surface area contributed by atoms with Crippen LogP contribution in [0.1, 0.15) is 22.3 Å². The topological polar surface area (TPSA) is 7.76 Å². The number of aromatic nitrogens is 2. The molecular formula is C26H24Cl4N2. The fourth-order valence-electron chi connectivity index (χ4n) is 3.40. The molecule has 166 valence electrons. The average molecular weight is 506 g/mol. The Balaban J connectivity index is 0.00000181.